The molecule has 0 aliphatic rings. The van der Waals surface area contributed by atoms with Gasteiger partial charge in [-0.2, -0.15) is 0 Å². The molecule has 0 unspecified atom stereocenters. The van der Waals surface area contributed by atoms with Crippen molar-refractivity contribution in [3.8, 4) is 5.75 Å². The average molecular weight is 349 g/mol. The maximum absolute atomic E-state index is 12.4. The van der Waals surface area contributed by atoms with Gasteiger partial charge in [0, 0.05) is 5.56 Å². The highest BCUT2D eigenvalue weighted by Gasteiger charge is 2.15. The normalized spacial score (nSPS) is 12.0. The van der Waals surface area contributed by atoms with Crippen molar-refractivity contribution in [2.75, 3.05) is 19.0 Å². The molecule has 0 saturated carbocycles. The Morgan fingerprint density at radius 2 is 1.88 bits per heavy atom. The number of hydrogen-bond donors (Lipinski definition) is 2. The Balaban J connectivity index is 1.67. The van der Waals surface area contributed by atoms with Crippen LogP contribution in [0.5, 0.6) is 5.75 Å². The predicted octanol–water partition coefficient (Wildman–Crippen LogP) is 3.42. The molecule has 4 nitrogen and oxygen atoms in total. The number of methoxy groups -OCH3 is 1. The van der Waals surface area contributed by atoms with Crippen LogP contribution in [-0.2, 0) is 4.79 Å². The van der Waals surface area contributed by atoms with Crippen molar-refractivity contribution in [1.29, 1.82) is 0 Å². The Bertz CT molecular complexity index is 916. The number of nitrogens with one attached hydrogen (secondary N) is 1. The van der Waals surface area contributed by atoms with Gasteiger partial charge in [-0.25, -0.2) is 0 Å². The lowest BCUT2D eigenvalue weighted by Crippen LogP contribution is -2.86. The summed E-state index contributed by atoms with van der Waals surface area (Å²) in [5.41, 5.74) is 3.03. The molecule has 26 heavy (non-hydrogen) atoms. The van der Waals surface area contributed by atoms with Crippen LogP contribution in [0.2, 0.25) is 0 Å². The Labute approximate surface area is 154 Å². The summed E-state index contributed by atoms with van der Waals surface area (Å²) in [6.07, 6.45) is 0. The van der Waals surface area contributed by atoms with Crippen molar-refractivity contribution >= 4 is 22.4 Å². The van der Waals surface area contributed by atoms with Crippen LogP contribution >= 0.6 is 0 Å². The Kier molecular flexibility index (Phi) is 5.54. The fourth-order valence-electron chi connectivity index (χ4n) is 3.18. The third-order valence-corrected chi connectivity index (χ3v) is 4.60. The van der Waals surface area contributed by atoms with Crippen LogP contribution in [0.4, 0.5) is 5.69 Å². The van der Waals surface area contributed by atoms with E-state index in [1.54, 1.807) is 7.11 Å². The first-order chi connectivity index (χ1) is 12.6. The summed E-state index contributed by atoms with van der Waals surface area (Å²) in [4.78, 5) is 12.4. The Morgan fingerprint density at radius 1 is 1.12 bits per heavy atom. The number of ether oxygens (including phenoxy) is 1. The molecular formula is C22H25N2O2+. The minimum Gasteiger partial charge on any atom is -0.495 e. The second-order valence-corrected chi connectivity index (χ2v) is 6.55. The summed E-state index contributed by atoms with van der Waals surface area (Å²) in [5.74, 6) is 0.632. The van der Waals surface area contributed by atoms with Gasteiger partial charge >= 0.3 is 0 Å². The maximum atomic E-state index is 12.4. The first-order valence-electron chi connectivity index (χ1n) is 8.84. The summed E-state index contributed by atoms with van der Waals surface area (Å²) in [6.45, 7) is 4.47. The molecule has 4 heteroatoms. The summed E-state index contributed by atoms with van der Waals surface area (Å²) in [6, 6.07) is 20.6. The van der Waals surface area contributed by atoms with Crippen molar-refractivity contribution in [2.45, 2.75) is 19.9 Å². The fraction of sp³-hybridized carbons (Fsp3) is 0.227. The van der Waals surface area contributed by atoms with E-state index < -0.39 is 0 Å². The van der Waals surface area contributed by atoms with Gasteiger partial charge in [0.2, 0.25) is 0 Å². The van der Waals surface area contributed by atoms with E-state index in [1.165, 1.54) is 16.3 Å². The van der Waals surface area contributed by atoms with Crippen molar-refractivity contribution in [3.05, 3.63) is 71.8 Å². The number of rotatable bonds is 6. The molecule has 134 valence electrons. The van der Waals surface area contributed by atoms with Crippen molar-refractivity contribution < 1.29 is 14.8 Å². The van der Waals surface area contributed by atoms with E-state index in [0.29, 0.717) is 18.0 Å². The molecule has 0 aliphatic carbocycles. The van der Waals surface area contributed by atoms with E-state index in [1.807, 2.05) is 31.2 Å². The predicted molar refractivity (Wildman–Crippen MR) is 106 cm³/mol. The van der Waals surface area contributed by atoms with E-state index in [0.717, 1.165) is 5.56 Å². The molecular weight excluding hydrogens is 324 g/mol. The number of aryl methyl sites for hydroxylation is 1. The monoisotopic (exact) mass is 349 g/mol. The number of benzene rings is 3. The zero-order chi connectivity index (χ0) is 18.5. The first-order valence-corrected chi connectivity index (χ1v) is 8.84. The third kappa shape index (κ3) is 4.03. The highest BCUT2D eigenvalue weighted by Crippen LogP contribution is 2.25. The number of nitrogens with two attached hydrogens (primary N) is 1. The second-order valence-electron chi connectivity index (χ2n) is 6.55. The number of amides is 1. The second kappa shape index (κ2) is 8.02. The quantitative estimate of drug-likeness (QED) is 0.716. The summed E-state index contributed by atoms with van der Waals surface area (Å²) in [5, 5.41) is 7.46. The van der Waals surface area contributed by atoms with Crippen LogP contribution in [0, 0.1) is 6.92 Å². The molecule has 0 saturated heterocycles. The van der Waals surface area contributed by atoms with Gasteiger partial charge in [0.05, 0.1) is 12.8 Å². The van der Waals surface area contributed by atoms with Gasteiger partial charge in [-0.05, 0) is 42.3 Å². The molecule has 0 bridgehead atoms. The molecule has 3 N–H and O–H groups in total. The summed E-state index contributed by atoms with van der Waals surface area (Å²) in [7, 11) is 1.61. The average Bonchev–Trinajstić information content (AvgIpc) is 2.66. The lowest BCUT2D eigenvalue weighted by atomic mass is 10.00. The number of anilines is 1. The number of carbonyl (C=O) groups is 1. The van der Waals surface area contributed by atoms with Gasteiger partial charge in [-0.15, -0.1) is 0 Å². The number of quaternary nitrogens is 1. The largest absolute Gasteiger partial charge is 0.495 e. The van der Waals surface area contributed by atoms with E-state index in [2.05, 4.69) is 54.0 Å². The molecule has 0 heterocycles. The van der Waals surface area contributed by atoms with Gasteiger partial charge in [-0.3, -0.25) is 4.79 Å². The van der Waals surface area contributed by atoms with E-state index in [9.17, 15) is 4.79 Å². The van der Waals surface area contributed by atoms with E-state index in [-0.39, 0.29) is 11.9 Å². The molecule has 0 aromatic heterocycles. The SMILES string of the molecule is COc1ccc(C)cc1NC(=O)C[NH2+][C@@H](C)c1cccc2ccccc12. The van der Waals surface area contributed by atoms with Crippen molar-refractivity contribution in [1.82, 2.24) is 0 Å². The molecule has 0 fully saturated rings. The smallest absolute Gasteiger partial charge is 0.279 e. The van der Waals surface area contributed by atoms with Crippen LogP contribution in [0.15, 0.2) is 60.7 Å². The maximum Gasteiger partial charge on any atom is 0.279 e. The highest BCUT2D eigenvalue weighted by atomic mass is 16.5. The van der Waals surface area contributed by atoms with Gasteiger partial charge < -0.3 is 15.4 Å². The van der Waals surface area contributed by atoms with Crippen LogP contribution in [0.1, 0.15) is 24.1 Å². The van der Waals surface area contributed by atoms with E-state index >= 15 is 0 Å². The van der Waals surface area contributed by atoms with Crippen LogP contribution in [0.25, 0.3) is 10.8 Å². The standard InChI is InChI=1S/C22H24N2O2/c1-15-11-12-21(26-3)20(13-15)24-22(25)14-23-16(2)18-10-6-8-17-7-4-5-9-19(17)18/h4-13,16,23H,14H2,1-3H3,(H,24,25)/p+1/t16-/m0/s1. The lowest BCUT2D eigenvalue weighted by molar-refractivity contribution is -0.682. The van der Waals surface area contributed by atoms with Crippen molar-refractivity contribution in [2.24, 2.45) is 0 Å². The van der Waals surface area contributed by atoms with Crippen LogP contribution in [0.3, 0.4) is 0 Å². The van der Waals surface area contributed by atoms with Gasteiger partial charge in [0.1, 0.15) is 11.8 Å². The number of hydrogen-bond acceptors (Lipinski definition) is 2. The zero-order valence-electron chi connectivity index (χ0n) is 15.5. The lowest BCUT2D eigenvalue weighted by Gasteiger charge is -2.14. The summed E-state index contributed by atoms with van der Waals surface area (Å²) >= 11 is 0. The minimum absolute atomic E-state index is 0.0408. The zero-order valence-corrected chi connectivity index (χ0v) is 15.5. The van der Waals surface area contributed by atoms with Crippen LogP contribution in [-0.4, -0.2) is 19.6 Å². The van der Waals surface area contributed by atoms with Gasteiger partial charge in [0.25, 0.3) is 5.91 Å². The van der Waals surface area contributed by atoms with Gasteiger partial charge in [-0.1, -0.05) is 48.5 Å². The number of fused-ring (bicyclic) bond motifs is 1. The molecule has 3 rings (SSSR count). The molecule has 3 aromatic rings. The molecule has 1 amide bonds. The minimum atomic E-state index is -0.0408. The molecule has 3 aromatic carbocycles. The first kappa shape index (κ1) is 18.0. The Hall–Kier alpha value is -2.85. The topological polar surface area (TPSA) is 54.9 Å². The van der Waals surface area contributed by atoms with Gasteiger partial charge in [0.15, 0.2) is 6.54 Å². The molecule has 0 aliphatic heterocycles. The van der Waals surface area contributed by atoms with Crippen LogP contribution < -0.4 is 15.4 Å². The molecule has 0 spiro atoms. The molecule has 1 atom stereocenters. The Morgan fingerprint density at radius 3 is 2.69 bits per heavy atom. The highest BCUT2D eigenvalue weighted by molar-refractivity contribution is 5.93. The third-order valence-electron chi connectivity index (χ3n) is 4.60. The fourth-order valence-corrected chi connectivity index (χ4v) is 3.18. The molecule has 0 radical (unpaired) electrons. The summed E-state index contributed by atoms with van der Waals surface area (Å²) < 4.78 is 5.32. The van der Waals surface area contributed by atoms with Crippen molar-refractivity contribution in [3.63, 3.8) is 0 Å². The van der Waals surface area contributed by atoms with E-state index in [4.69, 9.17) is 4.74 Å². The number of carbonyl (C=O) groups excluding carboxylic acids is 1.